The van der Waals surface area contributed by atoms with E-state index in [1.54, 1.807) is 24.3 Å². The molecule has 0 bridgehead atoms. The Kier molecular flexibility index (Phi) is 5.59. The van der Waals surface area contributed by atoms with Gasteiger partial charge >= 0.3 is 6.03 Å². The fourth-order valence-electron chi connectivity index (χ4n) is 2.90. The van der Waals surface area contributed by atoms with Crippen LogP contribution in [0.2, 0.25) is 0 Å². The zero-order valence-electron chi connectivity index (χ0n) is 14.5. The third kappa shape index (κ3) is 4.55. The Morgan fingerprint density at radius 1 is 0.667 bits per heavy atom. The zero-order chi connectivity index (χ0) is 19.4. The molecule has 1 fully saturated rings. The van der Waals surface area contributed by atoms with E-state index in [2.05, 4.69) is 0 Å². The lowest BCUT2D eigenvalue weighted by molar-refractivity contribution is -0.142. The fourth-order valence-corrected chi connectivity index (χ4v) is 2.90. The number of hydrogen-bond donors (Lipinski definition) is 0. The van der Waals surface area contributed by atoms with Gasteiger partial charge in [0.15, 0.2) is 0 Å². The molecule has 4 amide bonds. The number of rotatable bonds is 6. The van der Waals surface area contributed by atoms with Crippen LogP contribution in [0, 0.1) is 11.6 Å². The molecule has 0 aliphatic carbocycles. The number of carbonyl (C=O) groups is 3. The Morgan fingerprint density at radius 2 is 1.04 bits per heavy atom. The topological polar surface area (TPSA) is 57.7 Å². The quantitative estimate of drug-likeness (QED) is 0.733. The van der Waals surface area contributed by atoms with Crippen molar-refractivity contribution in [3.63, 3.8) is 0 Å². The summed E-state index contributed by atoms with van der Waals surface area (Å²) in [6, 6.07) is 11.0. The lowest BCUT2D eigenvalue weighted by Crippen LogP contribution is -2.55. The van der Waals surface area contributed by atoms with Crippen molar-refractivity contribution in [1.29, 1.82) is 0 Å². The molecule has 3 rings (SSSR count). The van der Waals surface area contributed by atoms with Crippen molar-refractivity contribution >= 4 is 17.8 Å². The molecule has 1 aliphatic rings. The van der Waals surface area contributed by atoms with E-state index >= 15 is 0 Å². The first-order valence-electron chi connectivity index (χ1n) is 8.57. The van der Waals surface area contributed by atoms with Crippen LogP contribution in [0.4, 0.5) is 13.6 Å². The molecule has 0 atom stereocenters. The maximum absolute atomic E-state index is 13.0. The summed E-state index contributed by atoms with van der Waals surface area (Å²) in [5, 5.41) is 0. The van der Waals surface area contributed by atoms with Gasteiger partial charge < -0.3 is 0 Å². The number of carbonyl (C=O) groups excluding carboxylic acids is 3. The molecule has 7 heteroatoms. The molecule has 2 aromatic rings. The van der Waals surface area contributed by atoms with Crippen LogP contribution in [0.25, 0.3) is 0 Å². The van der Waals surface area contributed by atoms with E-state index in [9.17, 15) is 23.2 Å². The summed E-state index contributed by atoms with van der Waals surface area (Å²) in [5.41, 5.74) is 1.57. The Balaban J connectivity index is 1.63. The summed E-state index contributed by atoms with van der Waals surface area (Å²) >= 11 is 0. The highest BCUT2D eigenvalue weighted by Gasteiger charge is 2.37. The zero-order valence-corrected chi connectivity index (χ0v) is 14.5. The number of amides is 4. The van der Waals surface area contributed by atoms with E-state index in [1.165, 1.54) is 24.3 Å². The molecule has 0 radical (unpaired) electrons. The predicted molar refractivity (Wildman–Crippen MR) is 93.6 cm³/mol. The highest BCUT2D eigenvalue weighted by Crippen LogP contribution is 2.15. The largest absolute Gasteiger partial charge is 0.333 e. The lowest BCUT2D eigenvalue weighted by Gasteiger charge is -2.32. The van der Waals surface area contributed by atoms with E-state index in [0.29, 0.717) is 12.8 Å². The number of urea groups is 1. The average molecular weight is 372 g/mol. The van der Waals surface area contributed by atoms with Crippen molar-refractivity contribution in [3.05, 3.63) is 71.3 Å². The number of benzene rings is 2. The van der Waals surface area contributed by atoms with Crippen LogP contribution in [0.15, 0.2) is 48.5 Å². The third-order valence-electron chi connectivity index (χ3n) is 4.44. The third-order valence-corrected chi connectivity index (χ3v) is 4.44. The van der Waals surface area contributed by atoms with Gasteiger partial charge in [0.1, 0.15) is 18.1 Å². The second kappa shape index (κ2) is 8.07. The molecule has 27 heavy (non-hydrogen) atoms. The molecule has 0 saturated carbocycles. The number of imide groups is 2. The summed E-state index contributed by atoms with van der Waals surface area (Å²) in [4.78, 5) is 38.9. The highest BCUT2D eigenvalue weighted by molar-refractivity contribution is 6.14. The van der Waals surface area contributed by atoms with Gasteiger partial charge in [0.05, 0.1) is 0 Å². The van der Waals surface area contributed by atoms with Gasteiger partial charge in [0.25, 0.3) is 0 Å². The minimum absolute atomic E-state index is 0.115. The normalized spacial score (nSPS) is 14.8. The number of nitrogens with zero attached hydrogens (tertiary/aromatic N) is 2. The van der Waals surface area contributed by atoms with Gasteiger partial charge in [0, 0.05) is 13.1 Å². The van der Waals surface area contributed by atoms with Crippen LogP contribution in [-0.2, 0) is 22.4 Å². The van der Waals surface area contributed by atoms with E-state index in [1.807, 2.05) is 0 Å². The van der Waals surface area contributed by atoms with Crippen molar-refractivity contribution < 1.29 is 23.2 Å². The van der Waals surface area contributed by atoms with Crippen LogP contribution >= 0.6 is 0 Å². The molecule has 0 N–H and O–H groups in total. The average Bonchev–Trinajstić information content (AvgIpc) is 2.64. The molecule has 1 saturated heterocycles. The SMILES string of the molecule is O=C1CC(=O)N(CCc2ccc(F)cc2)C(=O)N1CCc1ccc(F)cc1. The minimum atomic E-state index is -0.652. The van der Waals surface area contributed by atoms with E-state index in [-0.39, 0.29) is 31.1 Å². The monoisotopic (exact) mass is 372 g/mol. The number of barbiturate groups is 1. The first-order valence-corrected chi connectivity index (χ1v) is 8.57. The molecule has 140 valence electrons. The first kappa shape index (κ1) is 18.7. The first-order chi connectivity index (χ1) is 12.9. The van der Waals surface area contributed by atoms with Gasteiger partial charge in [-0.05, 0) is 48.2 Å². The Bertz CT molecular complexity index is 781. The molecular formula is C20H18F2N2O3. The Hall–Kier alpha value is -3.09. The summed E-state index contributed by atoms with van der Waals surface area (Å²) in [5.74, 6) is -1.79. The van der Waals surface area contributed by atoms with E-state index in [4.69, 9.17) is 0 Å². The van der Waals surface area contributed by atoms with Gasteiger partial charge in [-0.3, -0.25) is 19.4 Å². The molecular weight excluding hydrogens is 354 g/mol. The maximum atomic E-state index is 13.0. The summed E-state index contributed by atoms with van der Waals surface area (Å²) in [7, 11) is 0. The maximum Gasteiger partial charge on any atom is 0.333 e. The predicted octanol–water partition coefficient (Wildman–Crippen LogP) is 2.93. The smallest absolute Gasteiger partial charge is 0.274 e. The molecule has 1 aliphatic heterocycles. The van der Waals surface area contributed by atoms with Gasteiger partial charge in [-0.1, -0.05) is 24.3 Å². The summed E-state index contributed by atoms with van der Waals surface area (Å²) in [6.07, 6.45) is 0.383. The molecule has 0 spiro atoms. The fraction of sp³-hybridized carbons (Fsp3) is 0.250. The molecule has 0 aromatic heterocycles. The van der Waals surface area contributed by atoms with Crippen LogP contribution in [-0.4, -0.2) is 40.7 Å². The van der Waals surface area contributed by atoms with Crippen LogP contribution in [0.5, 0.6) is 0 Å². The molecule has 5 nitrogen and oxygen atoms in total. The highest BCUT2D eigenvalue weighted by atomic mass is 19.1. The Morgan fingerprint density at radius 3 is 1.41 bits per heavy atom. The van der Waals surface area contributed by atoms with Gasteiger partial charge in [-0.25, -0.2) is 13.6 Å². The van der Waals surface area contributed by atoms with Crippen molar-refractivity contribution in [3.8, 4) is 0 Å². The van der Waals surface area contributed by atoms with Crippen LogP contribution in [0.3, 0.4) is 0 Å². The molecule has 2 aromatic carbocycles. The van der Waals surface area contributed by atoms with Gasteiger partial charge in [0.2, 0.25) is 11.8 Å². The van der Waals surface area contributed by atoms with Crippen LogP contribution < -0.4 is 0 Å². The van der Waals surface area contributed by atoms with E-state index in [0.717, 1.165) is 20.9 Å². The number of halogens is 2. The minimum Gasteiger partial charge on any atom is -0.274 e. The number of hydrogen-bond acceptors (Lipinski definition) is 3. The van der Waals surface area contributed by atoms with E-state index < -0.39 is 17.8 Å². The second-order valence-electron chi connectivity index (χ2n) is 6.30. The summed E-state index contributed by atoms with van der Waals surface area (Å²) in [6.45, 7) is 0.229. The Labute approximate surface area is 155 Å². The molecule has 0 unspecified atom stereocenters. The standard InChI is InChI=1S/C20H18F2N2O3/c21-16-5-1-14(2-6-16)9-11-23-18(25)13-19(26)24(20(23)27)12-10-15-3-7-17(22)8-4-15/h1-8H,9-13H2. The van der Waals surface area contributed by atoms with Crippen molar-refractivity contribution in [2.75, 3.05) is 13.1 Å². The van der Waals surface area contributed by atoms with Crippen molar-refractivity contribution in [2.24, 2.45) is 0 Å². The second-order valence-corrected chi connectivity index (χ2v) is 6.30. The molecule has 1 heterocycles. The summed E-state index contributed by atoms with van der Waals surface area (Å²) < 4.78 is 25.9. The van der Waals surface area contributed by atoms with Crippen molar-refractivity contribution in [2.45, 2.75) is 19.3 Å². The van der Waals surface area contributed by atoms with Gasteiger partial charge in [-0.2, -0.15) is 0 Å². The lowest BCUT2D eigenvalue weighted by atomic mass is 10.1. The van der Waals surface area contributed by atoms with Gasteiger partial charge in [-0.15, -0.1) is 0 Å². The van der Waals surface area contributed by atoms with Crippen molar-refractivity contribution in [1.82, 2.24) is 9.80 Å². The van der Waals surface area contributed by atoms with Crippen LogP contribution in [0.1, 0.15) is 17.5 Å².